The summed E-state index contributed by atoms with van der Waals surface area (Å²) in [5.74, 6) is 0.757. The number of nitrogens with one attached hydrogen (secondary N) is 1. The first-order valence-electron chi connectivity index (χ1n) is 9.96. The van der Waals surface area contributed by atoms with E-state index >= 15 is 0 Å². The highest BCUT2D eigenvalue weighted by atomic mass is 16.7. The van der Waals surface area contributed by atoms with Gasteiger partial charge in [0.2, 0.25) is 6.79 Å². The minimum Gasteiger partial charge on any atom is -0.454 e. The molecule has 9 heteroatoms. The first-order valence-corrected chi connectivity index (χ1v) is 9.96. The standard InChI is InChI=1S/C21H23N3O6/c25-21(22-12-14-6-9-19-20(10-14)30-13-29-19)17-11-16(24(27)28)7-8-18(17)23(26)15-4-2-1-3-5-15/h6-11,15,26H,1-5,12-13H2,(H,22,25). The number of nitro benzene ring substituents is 1. The van der Waals surface area contributed by atoms with Gasteiger partial charge in [-0.3, -0.25) is 25.2 Å². The Morgan fingerprint density at radius 3 is 2.67 bits per heavy atom. The van der Waals surface area contributed by atoms with Crippen LogP contribution in [-0.4, -0.2) is 28.9 Å². The monoisotopic (exact) mass is 413 g/mol. The van der Waals surface area contributed by atoms with Crippen molar-refractivity contribution in [1.82, 2.24) is 5.32 Å². The average Bonchev–Trinajstić information content (AvgIpc) is 3.25. The third-order valence-corrected chi connectivity index (χ3v) is 5.49. The van der Waals surface area contributed by atoms with E-state index in [0.717, 1.165) is 42.7 Å². The second-order valence-electron chi connectivity index (χ2n) is 7.47. The van der Waals surface area contributed by atoms with E-state index in [0.29, 0.717) is 11.5 Å². The molecule has 0 atom stereocenters. The molecule has 1 amide bonds. The van der Waals surface area contributed by atoms with E-state index in [9.17, 15) is 20.1 Å². The molecule has 1 heterocycles. The van der Waals surface area contributed by atoms with Gasteiger partial charge in [-0.25, -0.2) is 0 Å². The van der Waals surface area contributed by atoms with Crippen molar-refractivity contribution in [3.63, 3.8) is 0 Å². The van der Waals surface area contributed by atoms with Gasteiger partial charge in [0, 0.05) is 18.7 Å². The first-order chi connectivity index (χ1) is 14.5. The van der Waals surface area contributed by atoms with Gasteiger partial charge in [-0.2, -0.15) is 0 Å². The maximum absolute atomic E-state index is 12.9. The minimum atomic E-state index is -0.555. The summed E-state index contributed by atoms with van der Waals surface area (Å²) in [5.41, 5.74) is 0.936. The van der Waals surface area contributed by atoms with Crippen LogP contribution < -0.4 is 19.9 Å². The number of nitro groups is 1. The van der Waals surface area contributed by atoms with Crippen molar-refractivity contribution >= 4 is 17.3 Å². The van der Waals surface area contributed by atoms with Crippen molar-refractivity contribution < 1.29 is 24.4 Å². The summed E-state index contributed by atoms with van der Waals surface area (Å²) < 4.78 is 10.6. The zero-order valence-electron chi connectivity index (χ0n) is 16.4. The summed E-state index contributed by atoms with van der Waals surface area (Å²) in [5, 5.41) is 25.8. The molecule has 1 aliphatic carbocycles. The Kier molecular flexibility index (Phi) is 5.71. The molecule has 2 aromatic rings. The number of benzene rings is 2. The Hall–Kier alpha value is -3.33. The number of non-ortho nitro benzene ring substituents is 1. The molecule has 0 radical (unpaired) electrons. The van der Waals surface area contributed by atoms with Crippen molar-refractivity contribution in [3.8, 4) is 11.5 Å². The van der Waals surface area contributed by atoms with Crippen LogP contribution in [0.3, 0.4) is 0 Å². The molecule has 0 saturated heterocycles. The number of ether oxygens (including phenoxy) is 2. The van der Waals surface area contributed by atoms with Gasteiger partial charge in [0.05, 0.1) is 22.2 Å². The molecule has 0 bridgehead atoms. The van der Waals surface area contributed by atoms with Gasteiger partial charge in [-0.15, -0.1) is 0 Å². The van der Waals surface area contributed by atoms with Crippen LogP contribution >= 0.6 is 0 Å². The Labute approximate surface area is 173 Å². The molecule has 2 N–H and O–H groups in total. The highest BCUT2D eigenvalue weighted by Gasteiger charge is 2.26. The molecule has 0 unspecified atom stereocenters. The summed E-state index contributed by atoms with van der Waals surface area (Å²) in [6.07, 6.45) is 4.74. The largest absolute Gasteiger partial charge is 0.454 e. The third kappa shape index (κ3) is 4.16. The quantitative estimate of drug-likeness (QED) is 0.547. The Bertz CT molecular complexity index is 958. The fourth-order valence-corrected chi connectivity index (χ4v) is 3.87. The SMILES string of the molecule is O=C(NCc1ccc2c(c1)OCO2)c1cc([N+](=O)[O-])ccc1N(O)C1CCCCC1. The molecule has 1 fully saturated rings. The number of hydrogen-bond acceptors (Lipinski definition) is 7. The van der Waals surface area contributed by atoms with Crippen LogP contribution in [0.15, 0.2) is 36.4 Å². The van der Waals surface area contributed by atoms with Gasteiger partial charge in [0.25, 0.3) is 11.6 Å². The van der Waals surface area contributed by atoms with Gasteiger partial charge < -0.3 is 14.8 Å². The average molecular weight is 413 g/mol. The zero-order chi connectivity index (χ0) is 21.1. The van der Waals surface area contributed by atoms with Gasteiger partial charge in [0.1, 0.15) is 0 Å². The lowest BCUT2D eigenvalue weighted by Gasteiger charge is -2.31. The number of rotatable bonds is 6. The Morgan fingerprint density at radius 2 is 1.90 bits per heavy atom. The molecule has 0 aromatic heterocycles. The maximum atomic E-state index is 12.9. The van der Waals surface area contributed by atoms with Crippen LogP contribution in [0.5, 0.6) is 11.5 Å². The van der Waals surface area contributed by atoms with Gasteiger partial charge in [0.15, 0.2) is 11.5 Å². The molecule has 1 aliphatic heterocycles. The van der Waals surface area contributed by atoms with Crippen molar-refractivity contribution in [3.05, 3.63) is 57.6 Å². The molecule has 30 heavy (non-hydrogen) atoms. The summed E-state index contributed by atoms with van der Waals surface area (Å²) in [7, 11) is 0. The number of amides is 1. The van der Waals surface area contributed by atoms with Crippen LogP contribution in [0.25, 0.3) is 0 Å². The lowest BCUT2D eigenvalue weighted by atomic mass is 9.94. The summed E-state index contributed by atoms with van der Waals surface area (Å²) in [4.78, 5) is 23.6. The number of carbonyl (C=O) groups excluding carboxylic acids is 1. The maximum Gasteiger partial charge on any atom is 0.270 e. The summed E-state index contributed by atoms with van der Waals surface area (Å²) in [6.45, 7) is 0.363. The van der Waals surface area contributed by atoms with E-state index in [1.54, 1.807) is 12.1 Å². The fourth-order valence-electron chi connectivity index (χ4n) is 3.87. The second-order valence-corrected chi connectivity index (χ2v) is 7.47. The normalized spacial score (nSPS) is 15.6. The van der Waals surface area contributed by atoms with Gasteiger partial charge in [-0.05, 0) is 36.6 Å². The van der Waals surface area contributed by atoms with Crippen LogP contribution in [0.2, 0.25) is 0 Å². The van der Waals surface area contributed by atoms with E-state index in [1.807, 2.05) is 6.07 Å². The predicted molar refractivity (Wildman–Crippen MR) is 108 cm³/mol. The number of hydrogen-bond donors (Lipinski definition) is 2. The number of anilines is 1. The van der Waals surface area contributed by atoms with E-state index in [4.69, 9.17) is 9.47 Å². The summed E-state index contributed by atoms with van der Waals surface area (Å²) >= 11 is 0. The lowest BCUT2D eigenvalue weighted by Crippen LogP contribution is -2.36. The minimum absolute atomic E-state index is 0.0676. The number of hydroxylamine groups is 1. The van der Waals surface area contributed by atoms with Gasteiger partial charge >= 0.3 is 0 Å². The topological polar surface area (TPSA) is 114 Å². The van der Waals surface area contributed by atoms with E-state index in [2.05, 4.69) is 5.32 Å². The first kappa shape index (κ1) is 20.0. The van der Waals surface area contributed by atoms with Gasteiger partial charge in [-0.1, -0.05) is 25.3 Å². The highest BCUT2D eigenvalue weighted by Crippen LogP contribution is 2.33. The third-order valence-electron chi connectivity index (χ3n) is 5.49. The Balaban J connectivity index is 1.54. The second kappa shape index (κ2) is 8.58. The highest BCUT2D eigenvalue weighted by molar-refractivity contribution is 6.00. The van der Waals surface area contributed by atoms with E-state index in [1.165, 1.54) is 18.2 Å². The number of fused-ring (bicyclic) bond motifs is 1. The number of carbonyl (C=O) groups is 1. The van der Waals surface area contributed by atoms with E-state index < -0.39 is 10.8 Å². The lowest BCUT2D eigenvalue weighted by molar-refractivity contribution is -0.384. The van der Waals surface area contributed by atoms with Crippen molar-refractivity contribution in [1.29, 1.82) is 0 Å². The smallest absolute Gasteiger partial charge is 0.270 e. The molecule has 4 rings (SSSR count). The van der Waals surface area contributed by atoms with E-state index in [-0.39, 0.29) is 36.3 Å². The molecule has 9 nitrogen and oxygen atoms in total. The molecule has 0 spiro atoms. The molecular formula is C21H23N3O6. The van der Waals surface area contributed by atoms with Crippen LogP contribution in [-0.2, 0) is 6.54 Å². The molecule has 1 saturated carbocycles. The molecular weight excluding hydrogens is 390 g/mol. The molecule has 158 valence electrons. The predicted octanol–water partition coefficient (Wildman–Crippen LogP) is 3.78. The van der Waals surface area contributed by atoms with Crippen molar-refractivity contribution in [2.45, 2.75) is 44.7 Å². The van der Waals surface area contributed by atoms with Crippen molar-refractivity contribution in [2.75, 3.05) is 11.9 Å². The number of nitrogens with zero attached hydrogens (tertiary/aromatic N) is 2. The molecule has 2 aromatic carbocycles. The van der Waals surface area contributed by atoms with Crippen LogP contribution in [0, 0.1) is 10.1 Å². The van der Waals surface area contributed by atoms with Crippen LogP contribution in [0.4, 0.5) is 11.4 Å². The molecule has 2 aliphatic rings. The van der Waals surface area contributed by atoms with Crippen molar-refractivity contribution in [2.24, 2.45) is 0 Å². The zero-order valence-corrected chi connectivity index (χ0v) is 16.4. The fraction of sp³-hybridized carbons (Fsp3) is 0.381. The van der Waals surface area contributed by atoms with Crippen LogP contribution in [0.1, 0.15) is 48.0 Å². The Morgan fingerprint density at radius 1 is 1.13 bits per heavy atom. The summed E-state index contributed by atoms with van der Waals surface area (Å²) in [6, 6.07) is 9.18.